The molecule has 1 aliphatic rings. The smallest absolute Gasteiger partial charge is 0.192 e. The number of nitrogens with two attached hydrogens (primary N) is 1. The van der Waals surface area contributed by atoms with Gasteiger partial charge in [0.2, 0.25) is 0 Å². The van der Waals surface area contributed by atoms with Crippen LogP contribution in [-0.4, -0.2) is 25.5 Å². The molecule has 2 rings (SSSR count). The van der Waals surface area contributed by atoms with Crippen molar-refractivity contribution in [2.75, 3.05) is 19.5 Å². The molecule has 0 bridgehead atoms. The van der Waals surface area contributed by atoms with Gasteiger partial charge in [0.25, 0.3) is 0 Å². The molecule has 4 heteroatoms. The van der Waals surface area contributed by atoms with Gasteiger partial charge < -0.3 is 15.2 Å². The van der Waals surface area contributed by atoms with Gasteiger partial charge in [-0.15, -0.1) is 11.8 Å². The van der Waals surface area contributed by atoms with Crippen LogP contribution in [0.4, 0.5) is 0 Å². The zero-order valence-corrected chi connectivity index (χ0v) is 10.4. The lowest BCUT2D eigenvalue weighted by Gasteiger charge is -2.36. The van der Waals surface area contributed by atoms with E-state index in [2.05, 4.69) is 18.4 Å². The molecular formula is C12H17NO2S. The first-order chi connectivity index (χ1) is 7.64. The average Bonchev–Trinajstić information content (AvgIpc) is 2.33. The largest absolute Gasteiger partial charge is 0.344 e. The second-order valence-electron chi connectivity index (χ2n) is 4.06. The molecule has 3 nitrogen and oxygen atoms in total. The van der Waals surface area contributed by atoms with Gasteiger partial charge in [-0.2, -0.15) is 0 Å². The van der Waals surface area contributed by atoms with Crippen molar-refractivity contribution in [3.05, 3.63) is 29.8 Å². The fraction of sp³-hybridized carbons (Fsp3) is 0.500. The van der Waals surface area contributed by atoms with E-state index >= 15 is 0 Å². The molecular weight excluding hydrogens is 222 g/mol. The lowest BCUT2D eigenvalue weighted by Crippen LogP contribution is -2.46. The molecule has 0 spiro atoms. The molecule has 1 aromatic carbocycles. The highest BCUT2D eigenvalue weighted by atomic mass is 32.2. The van der Waals surface area contributed by atoms with E-state index in [4.69, 9.17) is 15.2 Å². The fourth-order valence-corrected chi connectivity index (χ4v) is 2.09. The first-order valence-corrected chi connectivity index (χ1v) is 6.54. The van der Waals surface area contributed by atoms with Crippen molar-refractivity contribution >= 4 is 11.8 Å². The van der Waals surface area contributed by atoms with Crippen LogP contribution in [0, 0.1) is 0 Å². The van der Waals surface area contributed by atoms with Crippen LogP contribution in [0.5, 0.6) is 0 Å². The summed E-state index contributed by atoms with van der Waals surface area (Å²) in [5, 5.41) is 0. The van der Waals surface area contributed by atoms with Crippen molar-refractivity contribution in [2.24, 2.45) is 5.73 Å². The molecule has 1 heterocycles. The van der Waals surface area contributed by atoms with Gasteiger partial charge in [-0.05, 0) is 25.3 Å². The minimum absolute atomic E-state index is 0.0152. The van der Waals surface area contributed by atoms with Crippen LogP contribution in [0.15, 0.2) is 29.2 Å². The Morgan fingerprint density at radius 2 is 1.81 bits per heavy atom. The first kappa shape index (κ1) is 11.9. The molecule has 0 saturated carbocycles. The lowest BCUT2D eigenvalue weighted by molar-refractivity contribution is -0.270. The van der Waals surface area contributed by atoms with Crippen molar-refractivity contribution in [2.45, 2.75) is 23.6 Å². The van der Waals surface area contributed by atoms with E-state index in [0.29, 0.717) is 13.2 Å². The number of rotatable bonds is 2. The molecule has 16 heavy (non-hydrogen) atoms. The van der Waals surface area contributed by atoms with Gasteiger partial charge in [0.05, 0.1) is 19.3 Å². The number of thioether (sulfide) groups is 1. The highest BCUT2D eigenvalue weighted by Crippen LogP contribution is 2.30. The third-order valence-electron chi connectivity index (χ3n) is 2.76. The van der Waals surface area contributed by atoms with Crippen molar-refractivity contribution in [1.82, 2.24) is 0 Å². The summed E-state index contributed by atoms with van der Waals surface area (Å²) in [4.78, 5) is 1.24. The van der Waals surface area contributed by atoms with Crippen LogP contribution in [0.25, 0.3) is 0 Å². The number of hydrogen-bond acceptors (Lipinski definition) is 4. The Labute approximate surface area is 100 Å². The molecule has 1 saturated heterocycles. The third-order valence-corrected chi connectivity index (χ3v) is 3.50. The molecule has 1 fully saturated rings. The second kappa shape index (κ2) is 4.75. The number of benzene rings is 1. The molecule has 1 aromatic rings. The van der Waals surface area contributed by atoms with Crippen molar-refractivity contribution in [1.29, 1.82) is 0 Å². The Balaban J connectivity index is 2.16. The number of ether oxygens (including phenoxy) is 2. The molecule has 0 aliphatic carbocycles. The lowest BCUT2D eigenvalue weighted by atomic mass is 10.1. The molecule has 88 valence electrons. The Hall–Kier alpha value is -0.550. The summed E-state index contributed by atoms with van der Waals surface area (Å²) in [6, 6.07) is 8.23. The quantitative estimate of drug-likeness (QED) is 0.801. The second-order valence-corrected chi connectivity index (χ2v) is 4.94. The molecule has 0 radical (unpaired) electrons. The van der Waals surface area contributed by atoms with E-state index < -0.39 is 5.79 Å². The average molecular weight is 239 g/mol. The van der Waals surface area contributed by atoms with E-state index in [9.17, 15) is 0 Å². The summed E-state index contributed by atoms with van der Waals surface area (Å²) in [6.45, 7) is 3.02. The SMILES string of the molecule is CSc1ccc(C2(C)OCC(N)CO2)cc1. The van der Waals surface area contributed by atoms with Gasteiger partial charge in [0, 0.05) is 10.5 Å². The Morgan fingerprint density at radius 1 is 1.25 bits per heavy atom. The number of hydrogen-bond donors (Lipinski definition) is 1. The standard InChI is InChI=1S/C12H17NO2S/c1-12(14-7-10(13)8-15-12)9-3-5-11(16-2)6-4-9/h3-6,10H,7-8,13H2,1-2H3. The first-order valence-electron chi connectivity index (χ1n) is 5.32. The maximum Gasteiger partial charge on any atom is 0.192 e. The van der Waals surface area contributed by atoms with Crippen LogP contribution in [0.1, 0.15) is 12.5 Å². The maximum atomic E-state index is 5.73. The third kappa shape index (κ3) is 2.40. The topological polar surface area (TPSA) is 44.5 Å². The predicted molar refractivity (Wildman–Crippen MR) is 65.5 cm³/mol. The van der Waals surface area contributed by atoms with Gasteiger partial charge in [-0.3, -0.25) is 0 Å². The minimum Gasteiger partial charge on any atom is -0.344 e. The van der Waals surface area contributed by atoms with Gasteiger partial charge in [0.15, 0.2) is 5.79 Å². The Kier molecular flexibility index (Phi) is 3.54. The van der Waals surface area contributed by atoms with E-state index in [0.717, 1.165) is 5.56 Å². The van der Waals surface area contributed by atoms with Crippen LogP contribution in [-0.2, 0) is 15.3 Å². The molecule has 0 unspecified atom stereocenters. The van der Waals surface area contributed by atoms with E-state index in [1.54, 1.807) is 11.8 Å². The van der Waals surface area contributed by atoms with Crippen LogP contribution in [0.2, 0.25) is 0 Å². The zero-order chi connectivity index (χ0) is 11.6. The summed E-state index contributed by atoms with van der Waals surface area (Å²) in [6.07, 6.45) is 2.06. The zero-order valence-electron chi connectivity index (χ0n) is 9.60. The summed E-state index contributed by atoms with van der Waals surface area (Å²) in [7, 11) is 0. The molecule has 0 aromatic heterocycles. The molecule has 0 atom stereocenters. The van der Waals surface area contributed by atoms with E-state index in [1.165, 1.54) is 4.90 Å². The van der Waals surface area contributed by atoms with Crippen LogP contribution in [0.3, 0.4) is 0 Å². The van der Waals surface area contributed by atoms with E-state index in [-0.39, 0.29) is 6.04 Å². The minimum atomic E-state index is -0.646. The maximum absolute atomic E-state index is 5.73. The Bertz CT molecular complexity index is 345. The predicted octanol–water partition coefficient (Wildman–Crippen LogP) is 1.96. The van der Waals surface area contributed by atoms with Gasteiger partial charge in [-0.25, -0.2) is 0 Å². The van der Waals surface area contributed by atoms with Crippen LogP contribution >= 0.6 is 11.8 Å². The molecule has 2 N–H and O–H groups in total. The molecule has 0 amide bonds. The summed E-state index contributed by atoms with van der Waals surface area (Å²) < 4.78 is 11.4. The normalized spacial score (nSPS) is 30.3. The summed E-state index contributed by atoms with van der Waals surface area (Å²) >= 11 is 1.72. The Morgan fingerprint density at radius 3 is 2.31 bits per heavy atom. The van der Waals surface area contributed by atoms with Gasteiger partial charge in [-0.1, -0.05) is 12.1 Å². The summed E-state index contributed by atoms with van der Waals surface area (Å²) in [5.74, 6) is -0.646. The van der Waals surface area contributed by atoms with E-state index in [1.807, 2.05) is 19.1 Å². The molecule has 1 aliphatic heterocycles. The van der Waals surface area contributed by atoms with Gasteiger partial charge in [0.1, 0.15) is 0 Å². The van der Waals surface area contributed by atoms with Crippen molar-refractivity contribution in [3.8, 4) is 0 Å². The van der Waals surface area contributed by atoms with Crippen molar-refractivity contribution in [3.63, 3.8) is 0 Å². The monoisotopic (exact) mass is 239 g/mol. The fourth-order valence-electron chi connectivity index (χ4n) is 1.68. The van der Waals surface area contributed by atoms with Crippen molar-refractivity contribution < 1.29 is 9.47 Å². The van der Waals surface area contributed by atoms with Crippen LogP contribution < -0.4 is 5.73 Å². The van der Waals surface area contributed by atoms with Gasteiger partial charge >= 0.3 is 0 Å². The summed E-state index contributed by atoms with van der Waals surface area (Å²) in [5.41, 5.74) is 6.77. The highest BCUT2D eigenvalue weighted by Gasteiger charge is 2.33. The highest BCUT2D eigenvalue weighted by molar-refractivity contribution is 7.98.